The maximum Gasteiger partial charge on any atom is 0.0189 e. The van der Waals surface area contributed by atoms with Gasteiger partial charge in [-0.15, -0.1) is 0 Å². The Bertz CT molecular complexity index is 974. The van der Waals surface area contributed by atoms with Crippen LogP contribution in [0.5, 0.6) is 0 Å². The van der Waals surface area contributed by atoms with Crippen molar-refractivity contribution in [1.82, 2.24) is 4.90 Å². The van der Waals surface area contributed by atoms with Crippen LogP contribution in [0.3, 0.4) is 0 Å². The first-order chi connectivity index (χ1) is 27.1. The molecule has 0 aromatic heterocycles. The molecule has 1 aliphatic heterocycles. The Labute approximate surface area is 363 Å². The van der Waals surface area contributed by atoms with Crippen LogP contribution in [0.25, 0.3) is 0 Å². The number of nitrogens with zero attached hydrogens (tertiary/aromatic N) is 1. The van der Waals surface area contributed by atoms with Crippen LogP contribution in [0, 0.1) is 46.3 Å². The lowest BCUT2D eigenvalue weighted by Crippen LogP contribution is -2.65. The topological polar surface area (TPSA) is 29.3 Å². The highest BCUT2D eigenvalue weighted by atomic mass is 15.3. The van der Waals surface area contributed by atoms with Crippen LogP contribution in [-0.4, -0.2) is 28.6 Å². The molecule has 2 nitrogen and oxygen atoms in total. The molecule has 0 aromatic rings. The summed E-state index contributed by atoms with van der Waals surface area (Å²) in [5, 5.41) is 0. The fourth-order valence-electron chi connectivity index (χ4n) is 14.5. The van der Waals surface area contributed by atoms with Crippen LogP contribution in [0.2, 0.25) is 0 Å². The van der Waals surface area contributed by atoms with Crippen molar-refractivity contribution >= 4 is 0 Å². The highest BCUT2D eigenvalue weighted by Crippen LogP contribution is 2.59. The second-order valence-electron chi connectivity index (χ2n) is 22.2. The van der Waals surface area contributed by atoms with E-state index in [1.807, 2.05) is 0 Å². The third-order valence-corrected chi connectivity index (χ3v) is 17.0. The van der Waals surface area contributed by atoms with Crippen LogP contribution in [-0.2, 0) is 0 Å². The molecule has 57 heavy (non-hydrogen) atoms. The Morgan fingerprint density at radius 3 is 1.47 bits per heavy atom. The zero-order valence-electron chi connectivity index (χ0n) is 42.6. The van der Waals surface area contributed by atoms with Gasteiger partial charge in [0.2, 0.25) is 0 Å². The van der Waals surface area contributed by atoms with Crippen LogP contribution in [0.4, 0.5) is 0 Å². The van der Waals surface area contributed by atoms with Gasteiger partial charge in [-0.25, -0.2) is 0 Å². The van der Waals surface area contributed by atoms with E-state index in [-0.39, 0.29) is 16.5 Å². The number of likely N-dealkylation sites (tertiary alicyclic amines) is 1. The van der Waals surface area contributed by atoms with E-state index in [2.05, 4.69) is 109 Å². The van der Waals surface area contributed by atoms with Gasteiger partial charge in [0, 0.05) is 17.1 Å². The van der Waals surface area contributed by atoms with Gasteiger partial charge in [0.1, 0.15) is 0 Å². The summed E-state index contributed by atoms with van der Waals surface area (Å²) in [7, 11) is 0. The zero-order valence-corrected chi connectivity index (χ0v) is 42.6. The highest BCUT2D eigenvalue weighted by Gasteiger charge is 2.56. The second-order valence-corrected chi connectivity index (χ2v) is 22.2. The Hall–Kier alpha value is -0.0800. The summed E-state index contributed by atoms with van der Waals surface area (Å²) >= 11 is 0. The van der Waals surface area contributed by atoms with Gasteiger partial charge in [0.05, 0.1) is 0 Å². The van der Waals surface area contributed by atoms with E-state index in [9.17, 15) is 0 Å². The first-order valence-corrected chi connectivity index (χ1v) is 26.6. The molecule has 0 aliphatic carbocycles. The number of nitrogens with two attached hydrogens (primary N) is 1. The summed E-state index contributed by atoms with van der Waals surface area (Å²) in [5.74, 6) is 4.06. The van der Waals surface area contributed by atoms with E-state index >= 15 is 0 Å². The maximum absolute atomic E-state index is 7.17. The fraction of sp³-hybridized carbons (Fsp3) is 1.00. The van der Waals surface area contributed by atoms with E-state index < -0.39 is 0 Å². The maximum atomic E-state index is 7.17. The van der Waals surface area contributed by atoms with E-state index in [1.54, 1.807) is 0 Å². The molecule has 0 bridgehead atoms. The minimum absolute atomic E-state index is 0.144. The molecular weight excluding hydrogens is 689 g/mol. The first kappa shape index (κ1) is 54.9. The lowest BCUT2D eigenvalue weighted by atomic mass is 9.48. The molecule has 1 rings (SSSR count). The second kappa shape index (κ2) is 28.5. The Morgan fingerprint density at radius 1 is 0.614 bits per heavy atom. The smallest absolute Gasteiger partial charge is 0.0189 e. The monoisotopic (exact) mass is 801 g/mol. The van der Waals surface area contributed by atoms with Crippen molar-refractivity contribution in [1.29, 1.82) is 0 Å². The van der Waals surface area contributed by atoms with Crippen molar-refractivity contribution in [3.8, 4) is 0 Å². The molecule has 0 spiro atoms. The molecule has 10 unspecified atom stereocenters. The molecule has 1 fully saturated rings. The SMILES string of the molecule is CCCCCCCC(C)(CCCCCC)C(CCC)C(C)CC(C)C1(C(C)CC)C(C)CC(C)(C)N(C(C)(CCCCCC)CCCCCCC)C(C)CC1CN. The Balaban J connectivity index is 3.67. The standard InChI is InChI=1S/C55H112N2/c1-16-22-26-30-33-38-53(14,37-32-28-24-18-3)51(36-20-5)45(7)41-47(9)55(46(8)21-6)48(10)43-52(12,13)57(49(11)42-50(55)44-56)54(15,39-34-29-25-19-4)40-35-31-27-23-17-2/h45-51H,16-44,56H2,1-15H3. The van der Waals surface area contributed by atoms with Gasteiger partial charge < -0.3 is 5.73 Å². The van der Waals surface area contributed by atoms with E-state index in [0.717, 1.165) is 18.4 Å². The summed E-state index contributed by atoms with van der Waals surface area (Å²) in [6.07, 6.45) is 38.3. The van der Waals surface area contributed by atoms with Crippen LogP contribution >= 0.6 is 0 Å². The normalized spacial score (nSPS) is 26.2. The zero-order chi connectivity index (χ0) is 43.1. The predicted octanol–water partition coefficient (Wildman–Crippen LogP) is 18.0. The first-order valence-electron chi connectivity index (χ1n) is 26.6. The average molecular weight is 802 g/mol. The lowest BCUT2D eigenvalue weighted by molar-refractivity contribution is -0.132. The summed E-state index contributed by atoms with van der Waals surface area (Å²) in [6.45, 7) is 39.5. The molecule has 2 N–H and O–H groups in total. The molecule has 0 aromatic carbocycles. The van der Waals surface area contributed by atoms with Crippen molar-refractivity contribution in [2.24, 2.45) is 52.1 Å². The van der Waals surface area contributed by atoms with Gasteiger partial charge in [0.25, 0.3) is 0 Å². The number of hydrogen-bond donors (Lipinski definition) is 1. The number of hydrogen-bond acceptors (Lipinski definition) is 2. The van der Waals surface area contributed by atoms with Crippen LogP contribution in [0.1, 0.15) is 284 Å². The summed E-state index contributed by atoms with van der Waals surface area (Å²) in [6, 6.07) is 0.535. The van der Waals surface area contributed by atoms with Crippen molar-refractivity contribution in [3.63, 3.8) is 0 Å². The van der Waals surface area contributed by atoms with Gasteiger partial charge in [-0.05, 0) is 132 Å². The van der Waals surface area contributed by atoms with Gasteiger partial charge in [-0.2, -0.15) is 0 Å². The van der Waals surface area contributed by atoms with Crippen molar-refractivity contribution in [3.05, 3.63) is 0 Å². The van der Waals surface area contributed by atoms with Gasteiger partial charge >= 0.3 is 0 Å². The summed E-state index contributed by atoms with van der Waals surface area (Å²) in [4.78, 5) is 3.13. The van der Waals surface area contributed by atoms with Gasteiger partial charge in [-0.1, -0.05) is 205 Å². The third kappa shape index (κ3) is 16.3. The van der Waals surface area contributed by atoms with Gasteiger partial charge in [0.15, 0.2) is 0 Å². The Kier molecular flexibility index (Phi) is 27.5. The molecular formula is C55H112N2. The lowest BCUT2D eigenvalue weighted by Gasteiger charge is -2.62. The third-order valence-electron chi connectivity index (χ3n) is 17.0. The summed E-state index contributed by atoms with van der Waals surface area (Å²) < 4.78 is 0. The minimum atomic E-state index is 0.144. The number of rotatable bonds is 33. The van der Waals surface area contributed by atoms with E-state index in [0.29, 0.717) is 35.1 Å². The number of unbranched alkanes of at least 4 members (excludes halogenated alkanes) is 14. The molecule has 10 atom stereocenters. The molecule has 0 saturated carbocycles. The molecule has 2 heteroatoms. The highest BCUT2D eigenvalue weighted by molar-refractivity contribution is 5.07. The average Bonchev–Trinajstić information content (AvgIpc) is 3.16. The van der Waals surface area contributed by atoms with Crippen molar-refractivity contribution in [2.75, 3.05) is 6.54 Å². The van der Waals surface area contributed by atoms with Crippen molar-refractivity contribution < 1.29 is 0 Å². The molecule has 0 amide bonds. The summed E-state index contributed by atoms with van der Waals surface area (Å²) in [5.41, 5.74) is 8.26. The molecule has 342 valence electrons. The fourth-order valence-corrected chi connectivity index (χ4v) is 14.5. The van der Waals surface area contributed by atoms with Crippen LogP contribution in [0.15, 0.2) is 0 Å². The quantitative estimate of drug-likeness (QED) is 0.0670. The predicted molar refractivity (Wildman–Crippen MR) is 260 cm³/mol. The van der Waals surface area contributed by atoms with Gasteiger partial charge in [-0.3, -0.25) is 4.90 Å². The molecule has 1 heterocycles. The molecule has 1 saturated heterocycles. The molecule has 1 aliphatic rings. The van der Waals surface area contributed by atoms with E-state index in [4.69, 9.17) is 5.73 Å². The minimum Gasteiger partial charge on any atom is -0.330 e. The largest absolute Gasteiger partial charge is 0.330 e. The molecule has 0 radical (unpaired) electrons. The Morgan fingerprint density at radius 2 is 1.05 bits per heavy atom. The van der Waals surface area contributed by atoms with Crippen LogP contribution < -0.4 is 5.73 Å². The van der Waals surface area contributed by atoms with Crippen molar-refractivity contribution in [2.45, 2.75) is 301 Å². The van der Waals surface area contributed by atoms with E-state index in [1.165, 1.54) is 180 Å².